The van der Waals surface area contributed by atoms with Crippen LogP contribution in [0.5, 0.6) is 0 Å². The second kappa shape index (κ2) is 6.07. The minimum atomic E-state index is -4.45. The summed E-state index contributed by atoms with van der Waals surface area (Å²) in [7, 11) is 0. The molecule has 0 amide bonds. The average molecular weight is 263 g/mol. The molecular weight excluding hydrogens is 246 g/mol. The van der Waals surface area contributed by atoms with Crippen LogP contribution in [0.4, 0.5) is 23.2 Å². The number of hydrogen-bond acceptors (Lipinski definition) is 1. The summed E-state index contributed by atoms with van der Waals surface area (Å²) in [5, 5.41) is 2.78. The number of halogens is 4. The van der Waals surface area contributed by atoms with Crippen molar-refractivity contribution in [3.05, 3.63) is 29.6 Å². The normalized spacial score (nSPS) is 13.4. The number of alkyl halides is 3. The lowest BCUT2D eigenvalue weighted by Crippen LogP contribution is -2.16. The van der Waals surface area contributed by atoms with E-state index in [0.29, 0.717) is 0 Å². The maximum Gasteiger partial charge on any atom is 0.416 e. The van der Waals surface area contributed by atoms with Crippen LogP contribution in [0.3, 0.4) is 0 Å². The third-order valence-electron chi connectivity index (χ3n) is 2.69. The Balaban J connectivity index is 2.81. The van der Waals surface area contributed by atoms with E-state index in [2.05, 4.69) is 5.32 Å². The first-order chi connectivity index (χ1) is 8.34. The molecule has 0 spiro atoms. The molecule has 1 nitrogen and oxygen atoms in total. The molecule has 0 aliphatic heterocycles. The lowest BCUT2D eigenvalue weighted by molar-refractivity contribution is -0.137. The van der Waals surface area contributed by atoms with Gasteiger partial charge in [-0.05, 0) is 31.5 Å². The molecule has 18 heavy (non-hydrogen) atoms. The van der Waals surface area contributed by atoms with Crippen LogP contribution in [0, 0.1) is 5.82 Å². The molecule has 0 aromatic heterocycles. The highest BCUT2D eigenvalue weighted by atomic mass is 19.4. The van der Waals surface area contributed by atoms with E-state index in [9.17, 15) is 17.6 Å². The first kappa shape index (κ1) is 14.8. The van der Waals surface area contributed by atoms with E-state index in [1.165, 1.54) is 0 Å². The Labute approximate surface area is 104 Å². The van der Waals surface area contributed by atoms with Gasteiger partial charge in [-0.25, -0.2) is 4.39 Å². The first-order valence-corrected chi connectivity index (χ1v) is 5.98. The summed E-state index contributed by atoms with van der Waals surface area (Å²) in [6.07, 6.45) is -1.70. The summed E-state index contributed by atoms with van der Waals surface area (Å²) in [6, 6.07) is 2.36. The van der Waals surface area contributed by atoms with Gasteiger partial charge >= 0.3 is 6.18 Å². The van der Waals surface area contributed by atoms with Crippen molar-refractivity contribution in [3.63, 3.8) is 0 Å². The summed E-state index contributed by atoms with van der Waals surface area (Å²) in [5.74, 6) is -0.661. The minimum absolute atomic E-state index is 0.0528. The molecule has 1 rings (SSSR count). The van der Waals surface area contributed by atoms with Crippen LogP contribution in [0.1, 0.15) is 38.7 Å². The Bertz CT molecular complexity index is 387. The van der Waals surface area contributed by atoms with Crippen LogP contribution in [0.15, 0.2) is 18.2 Å². The van der Waals surface area contributed by atoms with Gasteiger partial charge < -0.3 is 5.32 Å². The number of hydrogen-bond donors (Lipinski definition) is 1. The number of anilines is 1. The van der Waals surface area contributed by atoms with E-state index in [-0.39, 0.29) is 11.7 Å². The molecule has 1 N–H and O–H groups in total. The molecule has 0 fully saturated rings. The minimum Gasteiger partial charge on any atom is -0.380 e. The Morgan fingerprint density at radius 3 is 2.50 bits per heavy atom. The predicted molar refractivity (Wildman–Crippen MR) is 64.0 cm³/mol. The molecule has 0 aliphatic rings. The van der Waals surface area contributed by atoms with E-state index in [0.717, 1.165) is 37.5 Å². The van der Waals surface area contributed by atoms with Gasteiger partial charge in [-0.15, -0.1) is 0 Å². The molecule has 102 valence electrons. The van der Waals surface area contributed by atoms with Gasteiger partial charge in [-0.1, -0.05) is 19.8 Å². The molecule has 5 heteroatoms. The van der Waals surface area contributed by atoms with Crippen LogP contribution in [0.25, 0.3) is 0 Å². The molecule has 1 aromatic carbocycles. The van der Waals surface area contributed by atoms with Gasteiger partial charge in [0.25, 0.3) is 0 Å². The number of benzene rings is 1. The van der Waals surface area contributed by atoms with Crippen LogP contribution in [0.2, 0.25) is 0 Å². The second-order valence-corrected chi connectivity index (χ2v) is 4.38. The second-order valence-electron chi connectivity index (χ2n) is 4.38. The monoisotopic (exact) mass is 263 g/mol. The van der Waals surface area contributed by atoms with Crippen molar-refractivity contribution in [2.75, 3.05) is 5.32 Å². The van der Waals surface area contributed by atoms with Gasteiger partial charge in [0.1, 0.15) is 5.82 Å². The first-order valence-electron chi connectivity index (χ1n) is 5.98. The number of unbranched alkanes of at least 4 members (excludes halogenated alkanes) is 1. The maximum absolute atomic E-state index is 13.4. The average Bonchev–Trinajstić information content (AvgIpc) is 2.28. The molecular formula is C13H17F4N. The molecule has 1 atom stereocenters. The Kier molecular flexibility index (Phi) is 4.99. The fraction of sp³-hybridized carbons (Fsp3) is 0.538. The van der Waals surface area contributed by atoms with Crippen molar-refractivity contribution >= 4 is 5.69 Å². The van der Waals surface area contributed by atoms with Crippen LogP contribution < -0.4 is 5.32 Å². The molecule has 0 bridgehead atoms. The molecule has 0 radical (unpaired) electrons. The molecule has 0 aliphatic carbocycles. The number of rotatable bonds is 5. The zero-order valence-corrected chi connectivity index (χ0v) is 10.4. The highest BCUT2D eigenvalue weighted by Gasteiger charge is 2.31. The van der Waals surface area contributed by atoms with Gasteiger partial charge in [-0.2, -0.15) is 13.2 Å². The van der Waals surface area contributed by atoms with Gasteiger partial charge in [0, 0.05) is 6.04 Å². The van der Waals surface area contributed by atoms with E-state index >= 15 is 0 Å². The van der Waals surface area contributed by atoms with E-state index in [1.807, 2.05) is 13.8 Å². The van der Waals surface area contributed by atoms with Crippen molar-refractivity contribution in [2.24, 2.45) is 0 Å². The van der Waals surface area contributed by atoms with Crippen molar-refractivity contribution in [1.82, 2.24) is 0 Å². The Morgan fingerprint density at radius 1 is 1.28 bits per heavy atom. The molecule has 1 unspecified atom stereocenters. The fourth-order valence-electron chi connectivity index (χ4n) is 1.66. The lowest BCUT2D eigenvalue weighted by Gasteiger charge is -2.17. The predicted octanol–water partition coefficient (Wildman–Crippen LogP) is 4.84. The molecule has 0 saturated heterocycles. The summed E-state index contributed by atoms with van der Waals surface area (Å²) in [4.78, 5) is 0. The highest BCUT2D eigenvalue weighted by Crippen LogP contribution is 2.32. The lowest BCUT2D eigenvalue weighted by atomic mass is 10.1. The largest absolute Gasteiger partial charge is 0.416 e. The zero-order valence-electron chi connectivity index (χ0n) is 10.4. The summed E-state index contributed by atoms with van der Waals surface area (Å²) in [6.45, 7) is 3.85. The van der Waals surface area contributed by atoms with Gasteiger partial charge in [0.15, 0.2) is 0 Å². The standard InChI is InChI=1S/C13H17F4N/c1-3-4-5-9(2)18-12-8-10(13(15,16)17)6-7-11(12)14/h6-9,18H,3-5H2,1-2H3. The van der Waals surface area contributed by atoms with Crippen molar-refractivity contribution < 1.29 is 17.6 Å². The Hall–Kier alpha value is -1.26. The molecule has 0 heterocycles. The quantitative estimate of drug-likeness (QED) is 0.750. The van der Waals surface area contributed by atoms with Crippen molar-refractivity contribution in [3.8, 4) is 0 Å². The van der Waals surface area contributed by atoms with Crippen molar-refractivity contribution in [1.29, 1.82) is 0 Å². The van der Waals surface area contributed by atoms with E-state index < -0.39 is 17.6 Å². The van der Waals surface area contributed by atoms with Crippen LogP contribution in [-0.4, -0.2) is 6.04 Å². The van der Waals surface area contributed by atoms with Gasteiger partial charge in [0.2, 0.25) is 0 Å². The summed E-state index contributed by atoms with van der Waals surface area (Å²) >= 11 is 0. The molecule has 1 aromatic rings. The zero-order chi connectivity index (χ0) is 13.8. The van der Waals surface area contributed by atoms with E-state index in [1.54, 1.807) is 0 Å². The van der Waals surface area contributed by atoms with Gasteiger partial charge in [-0.3, -0.25) is 0 Å². The number of nitrogens with one attached hydrogen (secondary N) is 1. The topological polar surface area (TPSA) is 12.0 Å². The summed E-state index contributed by atoms with van der Waals surface area (Å²) < 4.78 is 50.9. The van der Waals surface area contributed by atoms with E-state index in [4.69, 9.17) is 0 Å². The van der Waals surface area contributed by atoms with Gasteiger partial charge in [0.05, 0.1) is 11.3 Å². The highest BCUT2D eigenvalue weighted by molar-refractivity contribution is 5.48. The smallest absolute Gasteiger partial charge is 0.380 e. The third kappa shape index (κ3) is 4.20. The SMILES string of the molecule is CCCCC(C)Nc1cc(C(F)(F)F)ccc1F. The third-order valence-corrected chi connectivity index (χ3v) is 2.69. The molecule has 0 saturated carbocycles. The Morgan fingerprint density at radius 2 is 1.94 bits per heavy atom. The summed E-state index contributed by atoms with van der Waals surface area (Å²) in [5.41, 5.74) is -0.928. The van der Waals surface area contributed by atoms with Crippen molar-refractivity contribution in [2.45, 2.75) is 45.3 Å². The fourth-order valence-corrected chi connectivity index (χ4v) is 1.66. The van der Waals surface area contributed by atoms with Crippen LogP contribution in [-0.2, 0) is 6.18 Å². The maximum atomic E-state index is 13.4. The van der Waals surface area contributed by atoms with Crippen LogP contribution >= 0.6 is 0 Å².